The zero-order chi connectivity index (χ0) is 13.2. The van der Waals surface area contributed by atoms with Crippen LogP contribution in [0.1, 0.15) is 23.2 Å². The summed E-state index contributed by atoms with van der Waals surface area (Å²) in [6.07, 6.45) is 4.63. The Kier molecular flexibility index (Phi) is 6.84. The highest BCUT2D eigenvalue weighted by Gasteiger charge is 2.31. The van der Waals surface area contributed by atoms with Gasteiger partial charge >= 0.3 is 0 Å². The van der Waals surface area contributed by atoms with E-state index in [9.17, 15) is 9.18 Å². The molecule has 4 nitrogen and oxygen atoms in total. The molecule has 1 aromatic heterocycles. The molecule has 0 aliphatic carbocycles. The summed E-state index contributed by atoms with van der Waals surface area (Å²) in [6, 6.07) is 1.27. The van der Waals surface area contributed by atoms with E-state index < -0.39 is 5.82 Å². The van der Waals surface area contributed by atoms with Gasteiger partial charge in [0, 0.05) is 19.3 Å². The maximum atomic E-state index is 13.1. The Morgan fingerprint density at radius 1 is 1.19 bits per heavy atom. The van der Waals surface area contributed by atoms with E-state index in [1.165, 1.54) is 12.3 Å². The molecule has 2 atom stereocenters. The van der Waals surface area contributed by atoms with Gasteiger partial charge < -0.3 is 10.2 Å². The molecule has 0 saturated carbocycles. The van der Waals surface area contributed by atoms with Gasteiger partial charge in [0.05, 0.1) is 11.8 Å². The Morgan fingerprint density at radius 3 is 2.38 bits per heavy atom. The molecule has 0 aromatic carbocycles. The fourth-order valence-electron chi connectivity index (χ4n) is 3.13. The summed E-state index contributed by atoms with van der Waals surface area (Å²) in [5.41, 5.74) is 0.352. The van der Waals surface area contributed by atoms with Gasteiger partial charge in [-0.15, -0.1) is 24.8 Å². The molecular formula is C14H20Cl2FN3O. The van der Waals surface area contributed by atoms with Gasteiger partial charge in [-0.1, -0.05) is 0 Å². The van der Waals surface area contributed by atoms with E-state index in [2.05, 4.69) is 10.3 Å². The Hall–Kier alpha value is -0.910. The summed E-state index contributed by atoms with van der Waals surface area (Å²) in [4.78, 5) is 17.9. The summed E-state index contributed by atoms with van der Waals surface area (Å²) in [5, 5.41) is 3.41. The van der Waals surface area contributed by atoms with Crippen molar-refractivity contribution in [1.82, 2.24) is 15.2 Å². The first kappa shape index (κ1) is 18.1. The maximum absolute atomic E-state index is 13.1. The van der Waals surface area contributed by atoms with Crippen molar-refractivity contribution in [2.24, 2.45) is 11.8 Å². The zero-order valence-corrected chi connectivity index (χ0v) is 13.3. The van der Waals surface area contributed by atoms with Crippen LogP contribution in [0.5, 0.6) is 0 Å². The SMILES string of the molecule is Cl.Cl.O=C(c1cncc(F)c1)N1CC[C@@H]2CNC[C@@H]2CC1. The quantitative estimate of drug-likeness (QED) is 0.855. The van der Waals surface area contributed by atoms with Crippen LogP contribution < -0.4 is 5.32 Å². The van der Waals surface area contributed by atoms with Gasteiger partial charge in [0.25, 0.3) is 5.91 Å². The topological polar surface area (TPSA) is 45.2 Å². The molecule has 0 spiro atoms. The van der Waals surface area contributed by atoms with Crippen molar-refractivity contribution in [3.63, 3.8) is 0 Å². The van der Waals surface area contributed by atoms with E-state index >= 15 is 0 Å². The molecule has 2 fully saturated rings. The number of nitrogens with zero attached hydrogens (tertiary/aromatic N) is 2. The summed E-state index contributed by atoms with van der Waals surface area (Å²) in [5.74, 6) is 0.813. The van der Waals surface area contributed by atoms with Crippen LogP contribution in [0.2, 0.25) is 0 Å². The highest BCUT2D eigenvalue weighted by molar-refractivity contribution is 5.93. The first-order valence-electron chi connectivity index (χ1n) is 6.84. The van der Waals surface area contributed by atoms with Crippen LogP contribution in [-0.2, 0) is 0 Å². The molecule has 3 heterocycles. The lowest BCUT2D eigenvalue weighted by molar-refractivity contribution is 0.0757. The predicted octanol–water partition coefficient (Wildman–Crippen LogP) is 2.14. The third-order valence-corrected chi connectivity index (χ3v) is 4.26. The van der Waals surface area contributed by atoms with Gasteiger partial charge in [-0.25, -0.2) is 4.39 Å². The van der Waals surface area contributed by atoms with Crippen LogP contribution >= 0.6 is 24.8 Å². The summed E-state index contributed by atoms with van der Waals surface area (Å²) in [7, 11) is 0. The smallest absolute Gasteiger partial charge is 0.255 e. The molecule has 0 bridgehead atoms. The van der Waals surface area contributed by atoms with E-state index in [4.69, 9.17) is 0 Å². The number of likely N-dealkylation sites (tertiary alicyclic amines) is 1. The Balaban J connectivity index is 0.00000110. The number of nitrogens with one attached hydrogen (secondary N) is 1. The number of rotatable bonds is 1. The molecule has 2 saturated heterocycles. The van der Waals surface area contributed by atoms with Crippen molar-refractivity contribution in [2.75, 3.05) is 26.2 Å². The van der Waals surface area contributed by atoms with Crippen LogP contribution in [0.3, 0.4) is 0 Å². The van der Waals surface area contributed by atoms with E-state index in [0.717, 1.165) is 45.2 Å². The van der Waals surface area contributed by atoms with E-state index in [0.29, 0.717) is 17.4 Å². The van der Waals surface area contributed by atoms with Gasteiger partial charge in [-0.3, -0.25) is 9.78 Å². The number of amides is 1. The van der Waals surface area contributed by atoms with Gasteiger partial charge in [0.2, 0.25) is 0 Å². The summed E-state index contributed by atoms with van der Waals surface area (Å²) >= 11 is 0. The number of hydrogen-bond acceptors (Lipinski definition) is 3. The summed E-state index contributed by atoms with van der Waals surface area (Å²) in [6.45, 7) is 3.65. The minimum Gasteiger partial charge on any atom is -0.339 e. The Morgan fingerprint density at radius 2 is 1.81 bits per heavy atom. The predicted molar refractivity (Wildman–Crippen MR) is 83.7 cm³/mol. The first-order chi connectivity index (χ1) is 9.24. The van der Waals surface area contributed by atoms with E-state index in [1.807, 2.05) is 4.90 Å². The van der Waals surface area contributed by atoms with Crippen molar-refractivity contribution in [1.29, 1.82) is 0 Å². The molecule has 3 rings (SSSR count). The van der Waals surface area contributed by atoms with E-state index in [1.54, 1.807) is 0 Å². The van der Waals surface area contributed by atoms with Crippen molar-refractivity contribution >= 4 is 30.7 Å². The van der Waals surface area contributed by atoms with Crippen LogP contribution in [-0.4, -0.2) is 42.0 Å². The van der Waals surface area contributed by atoms with Crippen molar-refractivity contribution in [2.45, 2.75) is 12.8 Å². The third-order valence-electron chi connectivity index (χ3n) is 4.26. The lowest BCUT2D eigenvalue weighted by Gasteiger charge is -2.20. The average Bonchev–Trinajstić information content (AvgIpc) is 2.77. The van der Waals surface area contributed by atoms with Crippen LogP contribution in [0.25, 0.3) is 0 Å². The number of fused-ring (bicyclic) bond motifs is 1. The average molecular weight is 336 g/mol. The standard InChI is InChI=1S/C14H18FN3O.2ClH/c15-13-5-12(8-17-9-13)14(19)18-3-1-10-6-16-7-11(10)2-4-18;;/h5,8-11,16H,1-4,6-7H2;2*1H/t10-,11+;;. The number of pyridine rings is 1. The Labute approximate surface area is 136 Å². The monoisotopic (exact) mass is 335 g/mol. The second-order valence-electron chi connectivity index (χ2n) is 5.44. The fourth-order valence-corrected chi connectivity index (χ4v) is 3.13. The lowest BCUT2D eigenvalue weighted by atomic mass is 9.92. The molecule has 21 heavy (non-hydrogen) atoms. The van der Waals surface area contributed by atoms with Gasteiger partial charge in [0.15, 0.2) is 0 Å². The van der Waals surface area contributed by atoms with Crippen molar-refractivity contribution in [3.05, 3.63) is 29.8 Å². The number of aromatic nitrogens is 1. The number of carbonyl (C=O) groups is 1. The molecule has 2 aliphatic heterocycles. The number of hydrogen-bond donors (Lipinski definition) is 1. The Bertz CT molecular complexity index is 475. The molecule has 0 unspecified atom stereocenters. The normalized spacial score (nSPS) is 24.3. The van der Waals surface area contributed by atoms with Gasteiger partial charge in [-0.05, 0) is 43.8 Å². The van der Waals surface area contributed by atoms with Crippen molar-refractivity contribution < 1.29 is 9.18 Å². The zero-order valence-electron chi connectivity index (χ0n) is 11.6. The highest BCUT2D eigenvalue weighted by Crippen LogP contribution is 2.27. The number of halogens is 3. The molecule has 2 aliphatic rings. The van der Waals surface area contributed by atoms with Crippen molar-refractivity contribution in [3.8, 4) is 0 Å². The minimum absolute atomic E-state index is 0. The third kappa shape index (κ3) is 4.05. The first-order valence-corrected chi connectivity index (χ1v) is 6.84. The van der Waals surface area contributed by atoms with Crippen LogP contribution in [0.4, 0.5) is 4.39 Å². The highest BCUT2D eigenvalue weighted by atomic mass is 35.5. The van der Waals surface area contributed by atoms with Gasteiger partial charge in [-0.2, -0.15) is 0 Å². The fraction of sp³-hybridized carbons (Fsp3) is 0.571. The molecule has 1 amide bonds. The molecule has 1 N–H and O–H groups in total. The van der Waals surface area contributed by atoms with Crippen LogP contribution in [0, 0.1) is 17.7 Å². The largest absolute Gasteiger partial charge is 0.339 e. The van der Waals surface area contributed by atoms with Crippen LogP contribution in [0.15, 0.2) is 18.5 Å². The molecule has 7 heteroatoms. The van der Waals surface area contributed by atoms with Gasteiger partial charge in [0.1, 0.15) is 5.82 Å². The van der Waals surface area contributed by atoms with E-state index in [-0.39, 0.29) is 30.7 Å². The molecule has 118 valence electrons. The molecular weight excluding hydrogens is 316 g/mol. The second-order valence-corrected chi connectivity index (χ2v) is 5.44. The number of carbonyl (C=O) groups excluding carboxylic acids is 1. The molecule has 1 aromatic rings. The second kappa shape index (κ2) is 7.92. The molecule has 0 radical (unpaired) electrons. The maximum Gasteiger partial charge on any atom is 0.255 e. The minimum atomic E-state index is -0.457. The summed E-state index contributed by atoms with van der Waals surface area (Å²) < 4.78 is 13.1. The lowest BCUT2D eigenvalue weighted by Crippen LogP contribution is -2.32.